The van der Waals surface area contributed by atoms with Crippen molar-refractivity contribution in [2.24, 2.45) is 15.9 Å². The number of hydrogen-bond donors (Lipinski definition) is 1. The molecule has 0 radical (unpaired) electrons. The van der Waals surface area contributed by atoms with Crippen molar-refractivity contribution in [3.63, 3.8) is 0 Å². The summed E-state index contributed by atoms with van der Waals surface area (Å²) in [5, 5.41) is 2.92. The summed E-state index contributed by atoms with van der Waals surface area (Å²) in [6, 6.07) is 0. The van der Waals surface area contributed by atoms with E-state index < -0.39 is 0 Å². The highest BCUT2D eigenvalue weighted by Gasteiger charge is 2.41. The predicted molar refractivity (Wildman–Crippen MR) is 101 cm³/mol. The van der Waals surface area contributed by atoms with Crippen LogP contribution < -0.4 is 5.32 Å². The number of fused-ring (bicyclic) bond motifs is 3. The number of allylic oxidation sites excluding steroid dienone is 3. The van der Waals surface area contributed by atoms with E-state index in [-0.39, 0.29) is 23.4 Å². The largest absolute Gasteiger partial charge is 0.491 e. The molecule has 1 amide bonds. The highest BCUT2D eigenvalue weighted by Crippen LogP contribution is 2.35. The molecule has 8 heteroatoms. The summed E-state index contributed by atoms with van der Waals surface area (Å²) in [7, 11) is 1.48. The third-order valence-corrected chi connectivity index (χ3v) is 5.24. The van der Waals surface area contributed by atoms with Crippen molar-refractivity contribution in [2.75, 3.05) is 33.3 Å². The van der Waals surface area contributed by atoms with Crippen LogP contribution in [0.25, 0.3) is 0 Å². The highest BCUT2D eigenvalue weighted by atomic mass is 16.5. The molecular formula is C19H23N5O3. The van der Waals surface area contributed by atoms with Gasteiger partial charge in [0.05, 0.1) is 19.6 Å². The topological polar surface area (TPSA) is 86.6 Å². The van der Waals surface area contributed by atoms with Gasteiger partial charge >= 0.3 is 0 Å². The molecule has 0 saturated heterocycles. The van der Waals surface area contributed by atoms with Gasteiger partial charge in [0.2, 0.25) is 5.96 Å². The lowest BCUT2D eigenvalue weighted by Crippen LogP contribution is -2.52. The summed E-state index contributed by atoms with van der Waals surface area (Å²) in [5.74, 6) is 1.28. The minimum Gasteiger partial charge on any atom is -0.491 e. The first kappa shape index (κ1) is 17.5. The van der Waals surface area contributed by atoms with Crippen LogP contribution >= 0.6 is 0 Å². The van der Waals surface area contributed by atoms with Gasteiger partial charge in [-0.1, -0.05) is 6.08 Å². The Kier molecular flexibility index (Phi) is 4.55. The van der Waals surface area contributed by atoms with Crippen LogP contribution in [0.3, 0.4) is 0 Å². The number of amides is 1. The average molecular weight is 369 g/mol. The molecule has 0 spiro atoms. The SMILES string of the molecule is CCN1C=CC=C(C(=O)NC2=NC3=C(OC)C(=O)CCC3C3=NCCN23)C1. The fourth-order valence-corrected chi connectivity index (χ4v) is 3.82. The van der Waals surface area contributed by atoms with E-state index >= 15 is 0 Å². The standard InChI is InChI=1S/C19H23N5O3/c1-3-23-9-4-5-12(11-23)18(26)22-19-21-15-13(17-20-8-10-24(17)19)6-7-14(25)16(15)27-2/h4-5,9,13H,3,6-8,10-11H2,1-2H3,(H,21,22,26). The molecule has 0 aromatic carbocycles. The van der Waals surface area contributed by atoms with Gasteiger partial charge < -0.3 is 9.64 Å². The Bertz CT molecular complexity index is 836. The van der Waals surface area contributed by atoms with Crippen molar-refractivity contribution in [1.82, 2.24) is 15.1 Å². The van der Waals surface area contributed by atoms with Crippen molar-refractivity contribution in [2.45, 2.75) is 19.8 Å². The van der Waals surface area contributed by atoms with Crippen molar-refractivity contribution in [1.29, 1.82) is 0 Å². The molecule has 0 aromatic rings. The van der Waals surface area contributed by atoms with E-state index in [1.165, 1.54) is 7.11 Å². The maximum Gasteiger partial charge on any atom is 0.255 e. The number of nitrogens with one attached hydrogen (secondary N) is 1. The molecule has 1 unspecified atom stereocenters. The zero-order valence-electron chi connectivity index (χ0n) is 15.6. The second kappa shape index (κ2) is 7.02. The fourth-order valence-electron chi connectivity index (χ4n) is 3.82. The van der Waals surface area contributed by atoms with Crippen LogP contribution in [-0.2, 0) is 14.3 Å². The molecule has 4 rings (SSSR count). The Hall–Kier alpha value is -2.90. The fraction of sp³-hybridized carbons (Fsp3) is 0.474. The minimum absolute atomic E-state index is 0.0479. The Labute approximate surface area is 158 Å². The number of ether oxygens (including phenoxy) is 1. The number of likely N-dealkylation sites (N-methyl/N-ethyl adjacent to an activating group) is 1. The summed E-state index contributed by atoms with van der Waals surface area (Å²) in [6.07, 6.45) is 6.75. The van der Waals surface area contributed by atoms with Gasteiger partial charge in [0.25, 0.3) is 5.91 Å². The highest BCUT2D eigenvalue weighted by molar-refractivity contribution is 6.14. The van der Waals surface area contributed by atoms with Crippen molar-refractivity contribution in [3.8, 4) is 0 Å². The molecule has 1 N–H and O–H groups in total. The van der Waals surface area contributed by atoms with Crippen molar-refractivity contribution in [3.05, 3.63) is 35.4 Å². The first-order chi connectivity index (χ1) is 13.1. The summed E-state index contributed by atoms with van der Waals surface area (Å²) in [4.78, 5) is 38.2. The molecule has 0 saturated carbocycles. The lowest BCUT2D eigenvalue weighted by Gasteiger charge is -2.35. The van der Waals surface area contributed by atoms with Gasteiger partial charge in [0, 0.05) is 31.6 Å². The van der Waals surface area contributed by atoms with Gasteiger partial charge in [0.1, 0.15) is 11.5 Å². The van der Waals surface area contributed by atoms with Gasteiger partial charge in [-0.3, -0.25) is 24.8 Å². The number of ketones is 1. The number of guanidine groups is 1. The van der Waals surface area contributed by atoms with Crippen LogP contribution in [0.4, 0.5) is 0 Å². The number of nitrogens with zero attached hydrogens (tertiary/aromatic N) is 4. The van der Waals surface area contributed by atoms with Gasteiger partial charge in [-0.25, -0.2) is 4.99 Å². The Morgan fingerprint density at radius 3 is 3.07 bits per heavy atom. The molecule has 0 fully saturated rings. The van der Waals surface area contributed by atoms with E-state index in [9.17, 15) is 9.59 Å². The lowest BCUT2D eigenvalue weighted by atomic mass is 9.88. The number of rotatable bonds is 3. The number of amidine groups is 1. The zero-order chi connectivity index (χ0) is 19.0. The third-order valence-electron chi connectivity index (χ3n) is 5.24. The Morgan fingerprint density at radius 1 is 1.44 bits per heavy atom. The molecule has 1 atom stereocenters. The second-order valence-electron chi connectivity index (χ2n) is 6.81. The van der Waals surface area contributed by atoms with Gasteiger partial charge in [0.15, 0.2) is 11.5 Å². The summed E-state index contributed by atoms with van der Waals surface area (Å²) in [6.45, 7) is 4.76. The molecule has 0 bridgehead atoms. The van der Waals surface area contributed by atoms with Gasteiger partial charge in [-0.2, -0.15) is 0 Å². The molecule has 0 aromatic heterocycles. The van der Waals surface area contributed by atoms with Crippen LogP contribution in [0.5, 0.6) is 0 Å². The third kappa shape index (κ3) is 3.05. The first-order valence-electron chi connectivity index (χ1n) is 9.27. The zero-order valence-corrected chi connectivity index (χ0v) is 15.6. The molecule has 27 heavy (non-hydrogen) atoms. The molecule has 142 valence electrons. The molecule has 3 aliphatic heterocycles. The molecule has 8 nitrogen and oxygen atoms in total. The Morgan fingerprint density at radius 2 is 2.30 bits per heavy atom. The summed E-state index contributed by atoms with van der Waals surface area (Å²) in [5.41, 5.74) is 1.25. The maximum absolute atomic E-state index is 12.8. The first-order valence-corrected chi connectivity index (χ1v) is 9.27. The van der Waals surface area contributed by atoms with E-state index in [2.05, 4.69) is 20.2 Å². The number of Topliss-reactive ketones (excluding diaryl/α,β-unsaturated/α-hetero) is 1. The van der Waals surface area contributed by atoms with E-state index in [4.69, 9.17) is 4.74 Å². The van der Waals surface area contributed by atoms with Crippen molar-refractivity contribution >= 4 is 23.5 Å². The average Bonchev–Trinajstić information content (AvgIpc) is 3.18. The second-order valence-corrected chi connectivity index (χ2v) is 6.81. The minimum atomic E-state index is -0.192. The molecular weight excluding hydrogens is 346 g/mol. The van der Waals surface area contributed by atoms with E-state index in [0.29, 0.717) is 49.7 Å². The van der Waals surface area contributed by atoms with Crippen LogP contribution in [0.2, 0.25) is 0 Å². The molecule has 3 heterocycles. The smallest absolute Gasteiger partial charge is 0.255 e. The number of methoxy groups -OCH3 is 1. The number of carbonyl (C=O) groups is 2. The van der Waals surface area contributed by atoms with Gasteiger partial charge in [-0.15, -0.1) is 0 Å². The maximum atomic E-state index is 12.8. The summed E-state index contributed by atoms with van der Waals surface area (Å²) >= 11 is 0. The number of carbonyl (C=O) groups excluding carboxylic acids is 2. The van der Waals surface area contributed by atoms with Crippen molar-refractivity contribution < 1.29 is 14.3 Å². The predicted octanol–water partition coefficient (Wildman–Crippen LogP) is 0.799. The number of hydrogen-bond acceptors (Lipinski definition) is 7. The van der Waals surface area contributed by atoms with Crippen LogP contribution in [0.1, 0.15) is 19.8 Å². The lowest BCUT2D eigenvalue weighted by molar-refractivity contribution is -0.119. The van der Waals surface area contributed by atoms with Crippen LogP contribution in [0, 0.1) is 5.92 Å². The summed E-state index contributed by atoms with van der Waals surface area (Å²) < 4.78 is 5.33. The quantitative estimate of drug-likeness (QED) is 0.795. The van der Waals surface area contributed by atoms with Crippen LogP contribution in [0.15, 0.2) is 45.4 Å². The van der Waals surface area contributed by atoms with Crippen LogP contribution in [-0.4, -0.2) is 66.6 Å². The van der Waals surface area contributed by atoms with E-state index in [0.717, 1.165) is 12.4 Å². The molecule has 1 aliphatic carbocycles. The number of aliphatic imine (C=N–C) groups is 2. The normalized spacial score (nSPS) is 24.1. The van der Waals surface area contributed by atoms with E-state index in [1.54, 1.807) is 0 Å². The van der Waals surface area contributed by atoms with E-state index in [1.807, 2.05) is 30.2 Å². The monoisotopic (exact) mass is 369 g/mol. The molecule has 4 aliphatic rings. The Balaban J connectivity index is 1.65. The van der Waals surface area contributed by atoms with Gasteiger partial charge in [-0.05, 0) is 25.6 Å².